The van der Waals surface area contributed by atoms with E-state index in [0.29, 0.717) is 5.92 Å². The van der Waals surface area contributed by atoms with Gasteiger partial charge in [-0.3, -0.25) is 9.98 Å². The molecular weight excluding hydrogens is 210 g/mol. The van der Waals surface area contributed by atoms with Gasteiger partial charge in [0.1, 0.15) is 0 Å². The van der Waals surface area contributed by atoms with E-state index in [1.807, 2.05) is 18.6 Å². The van der Waals surface area contributed by atoms with Crippen molar-refractivity contribution in [3.05, 3.63) is 23.5 Å². The number of nitrogens with zero attached hydrogens (tertiary/aromatic N) is 2. The number of aromatic nitrogens is 1. The Kier molecular flexibility index (Phi) is 5.67. The highest BCUT2D eigenvalue weighted by atomic mass is 14.7. The fourth-order valence-electron chi connectivity index (χ4n) is 1.79. The van der Waals surface area contributed by atoms with Gasteiger partial charge in [-0.25, -0.2) is 0 Å². The van der Waals surface area contributed by atoms with Gasteiger partial charge in [-0.2, -0.15) is 0 Å². The summed E-state index contributed by atoms with van der Waals surface area (Å²) in [5, 5.41) is 0. The maximum absolute atomic E-state index is 6.11. The van der Waals surface area contributed by atoms with Crippen LogP contribution in [0.1, 0.15) is 38.3 Å². The first-order valence-electron chi connectivity index (χ1n) is 6.40. The monoisotopic (exact) mass is 233 g/mol. The summed E-state index contributed by atoms with van der Waals surface area (Å²) >= 11 is 0. The number of rotatable bonds is 6. The van der Waals surface area contributed by atoms with Crippen molar-refractivity contribution in [1.29, 1.82) is 0 Å². The first-order valence-corrected chi connectivity index (χ1v) is 6.40. The van der Waals surface area contributed by atoms with E-state index < -0.39 is 0 Å². The zero-order chi connectivity index (χ0) is 12.7. The van der Waals surface area contributed by atoms with Gasteiger partial charge in [0.25, 0.3) is 0 Å². The van der Waals surface area contributed by atoms with Gasteiger partial charge in [0.05, 0.1) is 0 Å². The molecule has 1 atom stereocenters. The van der Waals surface area contributed by atoms with Crippen molar-refractivity contribution in [1.82, 2.24) is 4.98 Å². The summed E-state index contributed by atoms with van der Waals surface area (Å²) < 4.78 is 0. The average Bonchev–Trinajstić information content (AvgIpc) is 2.35. The Morgan fingerprint density at radius 3 is 2.71 bits per heavy atom. The molecule has 2 N–H and O–H groups in total. The fraction of sp³-hybridized carbons (Fsp3) is 0.571. The van der Waals surface area contributed by atoms with Gasteiger partial charge < -0.3 is 5.73 Å². The van der Waals surface area contributed by atoms with E-state index >= 15 is 0 Å². The summed E-state index contributed by atoms with van der Waals surface area (Å²) in [5.41, 5.74) is 9.34. The van der Waals surface area contributed by atoms with Gasteiger partial charge in [-0.05, 0) is 43.2 Å². The molecule has 0 bridgehead atoms. The third kappa shape index (κ3) is 4.17. The van der Waals surface area contributed by atoms with Gasteiger partial charge in [0.2, 0.25) is 0 Å². The van der Waals surface area contributed by atoms with Crippen LogP contribution in [0.3, 0.4) is 0 Å². The molecule has 1 rings (SSSR count). The summed E-state index contributed by atoms with van der Waals surface area (Å²) in [7, 11) is 0. The van der Waals surface area contributed by atoms with Crippen LogP contribution in [0.4, 0.5) is 5.69 Å². The summed E-state index contributed by atoms with van der Waals surface area (Å²) in [6, 6.07) is 0. The highest BCUT2D eigenvalue weighted by molar-refractivity contribution is 5.60. The molecule has 1 heterocycles. The van der Waals surface area contributed by atoms with Crippen LogP contribution < -0.4 is 5.73 Å². The number of pyridine rings is 1. The van der Waals surface area contributed by atoms with Crippen LogP contribution in [-0.2, 0) is 12.8 Å². The molecule has 0 radical (unpaired) electrons. The van der Waals surface area contributed by atoms with Crippen molar-refractivity contribution in [3.63, 3.8) is 0 Å². The second-order valence-corrected chi connectivity index (χ2v) is 4.39. The van der Waals surface area contributed by atoms with E-state index in [9.17, 15) is 0 Å². The van der Waals surface area contributed by atoms with Crippen LogP contribution in [0.2, 0.25) is 0 Å². The van der Waals surface area contributed by atoms with Crippen molar-refractivity contribution in [3.8, 4) is 0 Å². The molecule has 3 heteroatoms. The predicted octanol–water partition coefficient (Wildman–Crippen LogP) is 2.89. The quantitative estimate of drug-likeness (QED) is 0.768. The Morgan fingerprint density at radius 1 is 1.35 bits per heavy atom. The highest BCUT2D eigenvalue weighted by Crippen LogP contribution is 2.19. The second-order valence-electron chi connectivity index (χ2n) is 4.39. The predicted molar refractivity (Wildman–Crippen MR) is 74.5 cm³/mol. The molecule has 1 aromatic heterocycles. The SMILES string of the molecule is CC/N=C\C(C)CCc1cncc(CC)c1N. The largest absolute Gasteiger partial charge is 0.398 e. The number of aryl methyl sites for hydroxylation is 2. The summed E-state index contributed by atoms with van der Waals surface area (Å²) in [6.07, 6.45) is 8.78. The average molecular weight is 233 g/mol. The molecule has 0 aromatic carbocycles. The second kappa shape index (κ2) is 7.05. The van der Waals surface area contributed by atoms with Gasteiger partial charge in [-0.15, -0.1) is 0 Å². The Bertz CT molecular complexity index is 372. The van der Waals surface area contributed by atoms with E-state index in [4.69, 9.17) is 5.73 Å². The van der Waals surface area contributed by atoms with E-state index in [-0.39, 0.29) is 0 Å². The molecule has 1 unspecified atom stereocenters. The van der Waals surface area contributed by atoms with E-state index in [1.54, 1.807) is 0 Å². The summed E-state index contributed by atoms with van der Waals surface area (Å²) in [4.78, 5) is 8.51. The highest BCUT2D eigenvalue weighted by Gasteiger charge is 2.06. The van der Waals surface area contributed by atoms with Crippen molar-refractivity contribution < 1.29 is 0 Å². The van der Waals surface area contributed by atoms with Gasteiger partial charge in [0, 0.05) is 30.8 Å². The minimum absolute atomic E-state index is 0.500. The Balaban J connectivity index is 2.60. The molecule has 0 aliphatic heterocycles. The molecule has 0 fully saturated rings. The molecular formula is C14H23N3. The number of hydrogen-bond acceptors (Lipinski definition) is 3. The molecule has 1 aromatic rings. The molecule has 0 amide bonds. The lowest BCUT2D eigenvalue weighted by molar-refractivity contribution is 0.690. The van der Waals surface area contributed by atoms with Crippen LogP contribution in [-0.4, -0.2) is 17.7 Å². The Hall–Kier alpha value is -1.38. The lowest BCUT2D eigenvalue weighted by Gasteiger charge is -2.10. The molecule has 17 heavy (non-hydrogen) atoms. The van der Waals surface area contributed by atoms with Gasteiger partial charge in [-0.1, -0.05) is 13.8 Å². The zero-order valence-electron chi connectivity index (χ0n) is 11.1. The minimum atomic E-state index is 0.500. The first kappa shape index (κ1) is 13.7. The topological polar surface area (TPSA) is 51.3 Å². The third-order valence-corrected chi connectivity index (χ3v) is 2.95. The van der Waals surface area contributed by atoms with E-state index in [0.717, 1.165) is 37.1 Å². The van der Waals surface area contributed by atoms with Gasteiger partial charge >= 0.3 is 0 Å². The third-order valence-electron chi connectivity index (χ3n) is 2.95. The summed E-state index contributed by atoms with van der Waals surface area (Å²) in [6.45, 7) is 7.20. The fourth-order valence-corrected chi connectivity index (χ4v) is 1.79. The van der Waals surface area contributed by atoms with Crippen LogP contribution in [0.5, 0.6) is 0 Å². The van der Waals surface area contributed by atoms with Crippen molar-refractivity contribution in [2.24, 2.45) is 10.9 Å². The van der Waals surface area contributed by atoms with Crippen molar-refractivity contribution in [2.75, 3.05) is 12.3 Å². The zero-order valence-corrected chi connectivity index (χ0v) is 11.1. The molecule has 3 nitrogen and oxygen atoms in total. The maximum atomic E-state index is 6.11. The van der Waals surface area contributed by atoms with E-state index in [2.05, 4.69) is 30.7 Å². The minimum Gasteiger partial charge on any atom is -0.398 e. The van der Waals surface area contributed by atoms with Crippen molar-refractivity contribution in [2.45, 2.75) is 40.0 Å². The molecule has 0 saturated heterocycles. The van der Waals surface area contributed by atoms with Crippen LogP contribution in [0.25, 0.3) is 0 Å². The number of nitrogen functional groups attached to an aromatic ring is 1. The van der Waals surface area contributed by atoms with E-state index in [1.165, 1.54) is 5.56 Å². The number of nitrogens with two attached hydrogens (primary N) is 1. The van der Waals surface area contributed by atoms with Crippen molar-refractivity contribution >= 4 is 11.9 Å². The molecule has 0 aliphatic rings. The smallest absolute Gasteiger partial charge is 0.0409 e. The van der Waals surface area contributed by atoms with Crippen LogP contribution in [0, 0.1) is 5.92 Å². The molecule has 0 saturated carbocycles. The molecule has 0 aliphatic carbocycles. The Morgan fingerprint density at radius 2 is 2.06 bits per heavy atom. The lowest BCUT2D eigenvalue weighted by atomic mass is 10.00. The maximum Gasteiger partial charge on any atom is 0.0409 e. The summed E-state index contributed by atoms with van der Waals surface area (Å²) in [5.74, 6) is 0.500. The lowest BCUT2D eigenvalue weighted by Crippen LogP contribution is -2.04. The van der Waals surface area contributed by atoms with Crippen LogP contribution in [0.15, 0.2) is 17.4 Å². The van der Waals surface area contributed by atoms with Crippen LogP contribution >= 0.6 is 0 Å². The van der Waals surface area contributed by atoms with Gasteiger partial charge in [0.15, 0.2) is 0 Å². The Labute approximate surface area is 104 Å². The first-order chi connectivity index (χ1) is 8.19. The normalized spacial score (nSPS) is 13.1. The number of hydrogen-bond donors (Lipinski definition) is 1. The number of anilines is 1. The molecule has 0 spiro atoms. The molecule has 94 valence electrons. The number of aliphatic imine (C=N–C) groups is 1. The standard InChI is InChI=1S/C14H23N3/c1-4-12-9-17-10-13(14(12)15)7-6-11(3)8-16-5-2/h8-11H,4-7H2,1-3H3,(H2,15,17)/b16-8-.